The van der Waals surface area contributed by atoms with Crippen LogP contribution in [0.15, 0.2) is 65.6 Å². The van der Waals surface area contributed by atoms with Crippen LogP contribution in [0.25, 0.3) is 11.0 Å². The number of piperidine rings is 1. The molecule has 5 rings (SSSR count). The number of ether oxygens (including phenoxy) is 3. The van der Waals surface area contributed by atoms with Crippen molar-refractivity contribution in [3.05, 3.63) is 82.4 Å². The van der Waals surface area contributed by atoms with Crippen LogP contribution in [-0.2, 0) is 23.1 Å². The van der Waals surface area contributed by atoms with Crippen LogP contribution in [0.5, 0.6) is 5.75 Å². The van der Waals surface area contributed by atoms with Crippen molar-refractivity contribution in [1.82, 2.24) is 19.0 Å². The zero-order valence-corrected chi connectivity index (χ0v) is 26.1. The minimum Gasteiger partial charge on any atom is -0.497 e. The number of carbonyl (C=O) groups excluding carboxylic acids is 2. The van der Waals surface area contributed by atoms with Crippen LogP contribution in [-0.4, -0.2) is 57.0 Å². The van der Waals surface area contributed by atoms with E-state index in [2.05, 4.69) is 4.98 Å². The zero-order valence-electron chi connectivity index (χ0n) is 26.1. The number of pyridine rings is 1. The normalized spacial score (nSPS) is 14.0. The molecule has 0 spiro atoms. The molecule has 1 saturated heterocycles. The first-order valence-corrected chi connectivity index (χ1v) is 14.7. The average molecular weight is 602 g/mol. The summed E-state index contributed by atoms with van der Waals surface area (Å²) in [6.45, 7) is 8.41. The molecule has 0 radical (unpaired) electrons. The van der Waals surface area contributed by atoms with Crippen LogP contribution >= 0.6 is 0 Å². The number of hydrogen-bond donors (Lipinski definition) is 0. The summed E-state index contributed by atoms with van der Waals surface area (Å²) in [4.78, 5) is 47.6. The predicted molar refractivity (Wildman–Crippen MR) is 168 cm³/mol. The Labute approximate surface area is 256 Å². The highest BCUT2D eigenvalue weighted by Crippen LogP contribution is 2.33. The van der Waals surface area contributed by atoms with Gasteiger partial charge < -0.3 is 19.1 Å². The van der Waals surface area contributed by atoms with E-state index in [0.717, 1.165) is 11.1 Å². The minimum absolute atomic E-state index is 0.0832. The number of amides is 2. The summed E-state index contributed by atoms with van der Waals surface area (Å²) in [6, 6.07) is 16.4. The van der Waals surface area contributed by atoms with E-state index in [1.807, 2.05) is 64.1 Å². The summed E-state index contributed by atoms with van der Waals surface area (Å²) in [6.07, 6.45) is 1.80. The highest BCUT2D eigenvalue weighted by atomic mass is 16.6. The molecule has 11 heteroatoms. The molecule has 0 N–H and O–H groups in total. The van der Waals surface area contributed by atoms with Gasteiger partial charge in [0.15, 0.2) is 0 Å². The summed E-state index contributed by atoms with van der Waals surface area (Å²) in [5.74, 6) is 0.969. The lowest BCUT2D eigenvalue weighted by Crippen LogP contribution is -2.43. The third kappa shape index (κ3) is 6.41. The molecule has 0 bridgehead atoms. The standard InChI is InChI=1S/C33H39N5O6/c1-22-18-25(42-6)12-13-26(22)38(32(41)43-21-23-10-8-7-9-11-23)29-19-27-28(20-34-29)35(5)30(39)37(27)24-14-16-36(17-15-24)31(40)44-33(2,3)4/h7-13,18-20,24H,14-17,21H2,1-6H3. The Kier molecular flexibility index (Phi) is 8.66. The monoisotopic (exact) mass is 601 g/mol. The molecule has 0 atom stereocenters. The van der Waals surface area contributed by atoms with E-state index < -0.39 is 11.7 Å². The van der Waals surface area contributed by atoms with Crippen LogP contribution in [0.2, 0.25) is 0 Å². The molecule has 44 heavy (non-hydrogen) atoms. The van der Waals surface area contributed by atoms with Gasteiger partial charge in [0.1, 0.15) is 23.8 Å². The van der Waals surface area contributed by atoms with Crippen LogP contribution < -0.4 is 15.3 Å². The van der Waals surface area contributed by atoms with E-state index in [1.54, 1.807) is 52.6 Å². The maximum Gasteiger partial charge on any atom is 0.420 e. The summed E-state index contributed by atoms with van der Waals surface area (Å²) in [7, 11) is 3.29. The van der Waals surface area contributed by atoms with Gasteiger partial charge in [0.25, 0.3) is 0 Å². The summed E-state index contributed by atoms with van der Waals surface area (Å²) >= 11 is 0. The smallest absolute Gasteiger partial charge is 0.420 e. The highest BCUT2D eigenvalue weighted by Gasteiger charge is 2.31. The van der Waals surface area contributed by atoms with Crippen molar-refractivity contribution in [3.63, 3.8) is 0 Å². The second-order valence-corrected chi connectivity index (χ2v) is 12.0. The van der Waals surface area contributed by atoms with Gasteiger partial charge >= 0.3 is 17.9 Å². The van der Waals surface area contributed by atoms with Gasteiger partial charge in [-0.15, -0.1) is 0 Å². The Morgan fingerprint density at radius 3 is 2.36 bits per heavy atom. The molecule has 1 fully saturated rings. The van der Waals surface area contributed by atoms with Crippen molar-refractivity contribution in [2.24, 2.45) is 7.05 Å². The van der Waals surface area contributed by atoms with Crippen molar-refractivity contribution >= 4 is 34.7 Å². The SMILES string of the molecule is COc1ccc(N(C(=O)OCc2ccccc2)c2cc3c(cn2)n(C)c(=O)n3C2CCN(C(=O)OC(C)(C)C)CC2)c(C)c1. The molecule has 2 aromatic heterocycles. The quantitative estimate of drug-likeness (QED) is 0.263. The van der Waals surface area contributed by atoms with Crippen molar-refractivity contribution in [1.29, 1.82) is 0 Å². The number of nitrogens with zero attached hydrogens (tertiary/aromatic N) is 5. The Bertz CT molecular complexity index is 1710. The molecule has 11 nitrogen and oxygen atoms in total. The van der Waals surface area contributed by atoms with Gasteiger partial charge in [0.05, 0.1) is 30.0 Å². The largest absolute Gasteiger partial charge is 0.497 e. The molecule has 3 heterocycles. The van der Waals surface area contributed by atoms with Crippen molar-refractivity contribution in [2.75, 3.05) is 25.1 Å². The van der Waals surface area contributed by atoms with Gasteiger partial charge in [0, 0.05) is 32.2 Å². The molecular weight excluding hydrogens is 562 g/mol. The van der Waals surface area contributed by atoms with E-state index >= 15 is 0 Å². The molecule has 2 amide bonds. The molecule has 0 saturated carbocycles. The number of carbonyl (C=O) groups is 2. The third-order valence-corrected chi connectivity index (χ3v) is 7.70. The number of benzene rings is 2. The van der Waals surface area contributed by atoms with Gasteiger partial charge in [-0.1, -0.05) is 30.3 Å². The fraction of sp³-hybridized carbons (Fsp3) is 0.394. The van der Waals surface area contributed by atoms with Gasteiger partial charge in [-0.05, 0) is 69.9 Å². The molecule has 2 aromatic carbocycles. The highest BCUT2D eigenvalue weighted by molar-refractivity contribution is 5.97. The molecule has 0 aliphatic carbocycles. The lowest BCUT2D eigenvalue weighted by Gasteiger charge is -2.33. The maximum absolute atomic E-state index is 13.7. The van der Waals surface area contributed by atoms with E-state index in [4.69, 9.17) is 14.2 Å². The molecule has 4 aromatic rings. The molecular formula is C33H39N5O6. The summed E-state index contributed by atoms with van der Waals surface area (Å²) in [5.41, 5.74) is 2.72. The van der Waals surface area contributed by atoms with Crippen molar-refractivity contribution in [3.8, 4) is 5.75 Å². The number of fused-ring (bicyclic) bond motifs is 1. The van der Waals surface area contributed by atoms with Gasteiger partial charge in [-0.2, -0.15) is 0 Å². The lowest BCUT2D eigenvalue weighted by molar-refractivity contribution is 0.0188. The number of imidazole rings is 1. The number of aryl methyl sites for hydroxylation is 2. The number of anilines is 2. The summed E-state index contributed by atoms with van der Waals surface area (Å²) < 4.78 is 20.0. The molecule has 1 aliphatic heterocycles. The molecule has 232 valence electrons. The first kappa shape index (κ1) is 30.7. The second kappa shape index (κ2) is 12.4. The number of methoxy groups -OCH3 is 1. The first-order valence-electron chi connectivity index (χ1n) is 14.7. The van der Waals surface area contributed by atoms with E-state index in [-0.39, 0.29) is 24.4 Å². The van der Waals surface area contributed by atoms with Gasteiger partial charge in [0.2, 0.25) is 0 Å². The van der Waals surface area contributed by atoms with E-state index in [0.29, 0.717) is 54.2 Å². The van der Waals surface area contributed by atoms with Crippen LogP contribution in [0.1, 0.15) is 50.8 Å². The predicted octanol–water partition coefficient (Wildman–Crippen LogP) is 6.10. The van der Waals surface area contributed by atoms with Gasteiger partial charge in [-0.25, -0.2) is 24.3 Å². The van der Waals surface area contributed by atoms with Crippen molar-refractivity contribution in [2.45, 2.75) is 58.8 Å². The lowest BCUT2D eigenvalue weighted by atomic mass is 10.0. The van der Waals surface area contributed by atoms with Crippen LogP contribution in [0.3, 0.4) is 0 Å². The fourth-order valence-corrected chi connectivity index (χ4v) is 5.46. The maximum atomic E-state index is 13.7. The molecule has 1 aliphatic rings. The fourth-order valence-electron chi connectivity index (χ4n) is 5.46. The van der Waals surface area contributed by atoms with Crippen molar-refractivity contribution < 1.29 is 23.8 Å². The number of hydrogen-bond acceptors (Lipinski definition) is 7. The van der Waals surface area contributed by atoms with Gasteiger partial charge in [-0.3, -0.25) is 9.13 Å². The van der Waals surface area contributed by atoms with Crippen LogP contribution in [0.4, 0.5) is 21.1 Å². The Hall–Kier alpha value is -4.80. The minimum atomic E-state index is -0.607. The number of rotatable bonds is 6. The van der Waals surface area contributed by atoms with E-state index in [1.165, 1.54) is 4.90 Å². The average Bonchev–Trinajstić information content (AvgIpc) is 3.25. The second-order valence-electron chi connectivity index (χ2n) is 12.0. The van der Waals surface area contributed by atoms with Crippen LogP contribution in [0, 0.1) is 6.92 Å². The number of aromatic nitrogens is 3. The molecule has 0 unspecified atom stereocenters. The number of likely N-dealkylation sites (tertiary alicyclic amines) is 1. The first-order chi connectivity index (χ1) is 21.0. The Morgan fingerprint density at radius 2 is 1.73 bits per heavy atom. The topological polar surface area (TPSA) is 108 Å². The van der Waals surface area contributed by atoms with E-state index in [9.17, 15) is 14.4 Å². The third-order valence-electron chi connectivity index (χ3n) is 7.70. The Morgan fingerprint density at radius 1 is 1.02 bits per heavy atom. The summed E-state index contributed by atoms with van der Waals surface area (Å²) in [5, 5.41) is 0. The zero-order chi connectivity index (χ0) is 31.6. The Balaban J connectivity index is 1.50.